The molecule has 0 saturated carbocycles. The number of ether oxygens (including phenoxy) is 1. The van der Waals surface area contributed by atoms with Gasteiger partial charge in [0.2, 0.25) is 5.89 Å². The summed E-state index contributed by atoms with van der Waals surface area (Å²) in [5, 5.41) is 6.14. The molecular formula is C13H13N3O2S. The number of rotatable bonds is 5. The maximum Gasteiger partial charge on any atom is 0.232 e. The van der Waals surface area contributed by atoms with E-state index in [1.54, 1.807) is 23.7 Å². The number of oxazole rings is 1. The summed E-state index contributed by atoms with van der Waals surface area (Å²) in [4.78, 5) is 5.27. The molecule has 0 aliphatic rings. The molecule has 0 N–H and O–H groups in total. The van der Waals surface area contributed by atoms with E-state index in [2.05, 4.69) is 10.1 Å². The summed E-state index contributed by atoms with van der Waals surface area (Å²) in [5.41, 5.74) is 0. The molecule has 0 saturated heterocycles. The van der Waals surface area contributed by atoms with E-state index in [0.717, 1.165) is 22.9 Å². The molecular weight excluding hydrogens is 262 g/mol. The van der Waals surface area contributed by atoms with Crippen molar-refractivity contribution in [3.8, 4) is 16.4 Å². The van der Waals surface area contributed by atoms with Crippen molar-refractivity contribution in [2.75, 3.05) is 0 Å². The first-order valence-corrected chi connectivity index (χ1v) is 6.87. The van der Waals surface area contributed by atoms with E-state index >= 15 is 0 Å². The third-order valence-electron chi connectivity index (χ3n) is 2.61. The van der Waals surface area contributed by atoms with E-state index in [1.165, 1.54) is 0 Å². The molecule has 3 aromatic heterocycles. The Hall–Kier alpha value is -2.08. The smallest absolute Gasteiger partial charge is 0.232 e. The van der Waals surface area contributed by atoms with E-state index < -0.39 is 0 Å². The highest BCUT2D eigenvalue weighted by molar-refractivity contribution is 7.13. The van der Waals surface area contributed by atoms with Crippen LogP contribution in [0.2, 0.25) is 0 Å². The normalized spacial score (nSPS) is 10.8. The lowest BCUT2D eigenvalue weighted by Gasteiger charge is -1.98. The van der Waals surface area contributed by atoms with Crippen LogP contribution in [0.3, 0.4) is 0 Å². The molecule has 0 aliphatic heterocycles. The number of aromatic nitrogens is 3. The fourth-order valence-corrected chi connectivity index (χ4v) is 2.32. The predicted molar refractivity (Wildman–Crippen MR) is 72.0 cm³/mol. The summed E-state index contributed by atoms with van der Waals surface area (Å²) >= 11 is 1.62. The third-order valence-corrected chi connectivity index (χ3v) is 3.50. The van der Waals surface area contributed by atoms with Crippen molar-refractivity contribution in [2.24, 2.45) is 0 Å². The number of thiophene rings is 1. The molecule has 0 atom stereocenters. The van der Waals surface area contributed by atoms with Crippen LogP contribution in [0.15, 0.2) is 40.5 Å². The van der Waals surface area contributed by atoms with Crippen molar-refractivity contribution < 1.29 is 9.15 Å². The van der Waals surface area contributed by atoms with Crippen molar-refractivity contribution in [3.05, 3.63) is 42.0 Å². The SMILES string of the molecule is CCn1cc(OCc2ncc(-c3cccs3)o2)cn1. The van der Waals surface area contributed by atoms with Crippen LogP contribution in [-0.2, 0) is 13.2 Å². The van der Waals surface area contributed by atoms with E-state index in [1.807, 2.05) is 35.3 Å². The van der Waals surface area contributed by atoms with Gasteiger partial charge >= 0.3 is 0 Å². The van der Waals surface area contributed by atoms with Gasteiger partial charge in [0.15, 0.2) is 18.1 Å². The minimum absolute atomic E-state index is 0.306. The third kappa shape index (κ3) is 2.68. The quantitative estimate of drug-likeness (QED) is 0.717. The Bertz CT molecular complexity index is 642. The average Bonchev–Trinajstić information content (AvgIpc) is 3.16. The maximum absolute atomic E-state index is 5.63. The van der Waals surface area contributed by atoms with Crippen LogP contribution >= 0.6 is 11.3 Å². The molecule has 0 unspecified atom stereocenters. The molecule has 0 aromatic carbocycles. The topological polar surface area (TPSA) is 53.1 Å². The molecule has 5 nitrogen and oxygen atoms in total. The molecule has 0 amide bonds. The van der Waals surface area contributed by atoms with E-state index in [0.29, 0.717) is 12.5 Å². The lowest BCUT2D eigenvalue weighted by atomic mass is 10.4. The fraction of sp³-hybridized carbons (Fsp3) is 0.231. The van der Waals surface area contributed by atoms with Crippen LogP contribution in [0.5, 0.6) is 5.75 Å². The highest BCUT2D eigenvalue weighted by atomic mass is 32.1. The van der Waals surface area contributed by atoms with Gasteiger partial charge in [0.1, 0.15) is 0 Å². The van der Waals surface area contributed by atoms with Crippen LogP contribution < -0.4 is 4.74 Å². The second kappa shape index (κ2) is 5.27. The lowest BCUT2D eigenvalue weighted by molar-refractivity contribution is 0.264. The van der Waals surface area contributed by atoms with Gasteiger partial charge in [-0.3, -0.25) is 4.68 Å². The number of hydrogen-bond donors (Lipinski definition) is 0. The average molecular weight is 275 g/mol. The summed E-state index contributed by atoms with van der Waals surface area (Å²) in [6.07, 6.45) is 5.26. The van der Waals surface area contributed by atoms with Crippen LogP contribution in [-0.4, -0.2) is 14.8 Å². The van der Waals surface area contributed by atoms with Crippen molar-refractivity contribution >= 4 is 11.3 Å². The zero-order valence-electron chi connectivity index (χ0n) is 10.4. The molecule has 98 valence electrons. The Morgan fingerprint density at radius 1 is 1.42 bits per heavy atom. The Kier molecular flexibility index (Phi) is 3.33. The standard InChI is InChI=1S/C13H13N3O2S/c1-2-16-8-10(6-15-16)17-9-13-14-7-11(18-13)12-4-3-5-19-12/h3-8H,2,9H2,1H3. The van der Waals surface area contributed by atoms with Crippen LogP contribution in [0.4, 0.5) is 0 Å². The molecule has 19 heavy (non-hydrogen) atoms. The molecule has 0 fully saturated rings. The number of nitrogens with zero attached hydrogens (tertiary/aromatic N) is 3. The van der Waals surface area contributed by atoms with Crippen LogP contribution in [0.1, 0.15) is 12.8 Å². The van der Waals surface area contributed by atoms with E-state index in [4.69, 9.17) is 9.15 Å². The van der Waals surface area contributed by atoms with E-state index in [9.17, 15) is 0 Å². The van der Waals surface area contributed by atoms with Gasteiger partial charge in [-0.2, -0.15) is 5.10 Å². The van der Waals surface area contributed by atoms with Gasteiger partial charge in [0.25, 0.3) is 0 Å². The van der Waals surface area contributed by atoms with Crippen LogP contribution in [0, 0.1) is 0 Å². The lowest BCUT2D eigenvalue weighted by Crippen LogP contribution is -1.95. The molecule has 6 heteroatoms. The maximum atomic E-state index is 5.63. The van der Waals surface area contributed by atoms with Gasteiger partial charge in [0.05, 0.1) is 23.5 Å². The zero-order valence-corrected chi connectivity index (χ0v) is 11.3. The highest BCUT2D eigenvalue weighted by Crippen LogP contribution is 2.25. The minimum Gasteiger partial charge on any atom is -0.481 e. The summed E-state index contributed by atoms with van der Waals surface area (Å²) < 4.78 is 13.0. The second-order valence-corrected chi connectivity index (χ2v) is 4.86. The van der Waals surface area contributed by atoms with Crippen molar-refractivity contribution in [2.45, 2.75) is 20.1 Å². The molecule has 0 bridgehead atoms. The summed E-state index contributed by atoms with van der Waals surface area (Å²) in [6.45, 7) is 3.16. The van der Waals surface area contributed by atoms with Gasteiger partial charge in [0, 0.05) is 6.54 Å². The van der Waals surface area contributed by atoms with Gasteiger partial charge in [-0.15, -0.1) is 11.3 Å². The zero-order chi connectivity index (χ0) is 13.1. The van der Waals surface area contributed by atoms with Gasteiger partial charge in [-0.1, -0.05) is 6.07 Å². The second-order valence-electron chi connectivity index (χ2n) is 3.92. The number of aryl methyl sites for hydroxylation is 1. The van der Waals surface area contributed by atoms with Gasteiger partial charge in [-0.25, -0.2) is 4.98 Å². The molecule has 3 heterocycles. The first-order chi connectivity index (χ1) is 9.35. The summed E-state index contributed by atoms with van der Waals surface area (Å²) in [6, 6.07) is 3.99. The fourth-order valence-electron chi connectivity index (χ4n) is 1.65. The highest BCUT2D eigenvalue weighted by Gasteiger charge is 2.08. The van der Waals surface area contributed by atoms with Crippen molar-refractivity contribution in [1.82, 2.24) is 14.8 Å². The largest absolute Gasteiger partial charge is 0.481 e. The first kappa shape index (κ1) is 12.0. The van der Waals surface area contributed by atoms with Crippen LogP contribution in [0.25, 0.3) is 10.6 Å². The molecule has 3 aromatic rings. The monoisotopic (exact) mass is 275 g/mol. The summed E-state index contributed by atoms with van der Waals surface area (Å²) in [7, 11) is 0. The molecule has 0 radical (unpaired) electrons. The first-order valence-electron chi connectivity index (χ1n) is 5.99. The van der Waals surface area contributed by atoms with Crippen molar-refractivity contribution in [1.29, 1.82) is 0 Å². The minimum atomic E-state index is 0.306. The van der Waals surface area contributed by atoms with Gasteiger partial charge in [-0.05, 0) is 18.4 Å². The Morgan fingerprint density at radius 2 is 2.37 bits per heavy atom. The number of hydrogen-bond acceptors (Lipinski definition) is 5. The molecule has 0 spiro atoms. The molecule has 3 rings (SSSR count). The summed E-state index contributed by atoms with van der Waals surface area (Å²) in [5.74, 6) is 2.06. The predicted octanol–water partition coefficient (Wildman–Crippen LogP) is 3.20. The van der Waals surface area contributed by atoms with Gasteiger partial charge < -0.3 is 9.15 Å². The Morgan fingerprint density at radius 3 is 3.11 bits per heavy atom. The van der Waals surface area contributed by atoms with E-state index in [-0.39, 0.29) is 0 Å². The van der Waals surface area contributed by atoms with Crippen molar-refractivity contribution in [3.63, 3.8) is 0 Å². The molecule has 0 aliphatic carbocycles. The Balaban J connectivity index is 1.64. The Labute approximate surface area is 114 Å².